The Morgan fingerprint density at radius 3 is 2.84 bits per heavy atom. The number of anilines is 1. The Morgan fingerprint density at radius 2 is 2.21 bits per heavy atom. The van der Waals surface area contributed by atoms with Crippen molar-refractivity contribution in [2.45, 2.75) is 39.2 Å². The second kappa shape index (κ2) is 6.65. The van der Waals surface area contributed by atoms with E-state index >= 15 is 0 Å². The number of halogens is 1. The minimum atomic E-state index is 0.131. The van der Waals surface area contributed by atoms with Crippen LogP contribution < -0.4 is 5.32 Å². The summed E-state index contributed by atoms with van der Waals surface area (Å²) in [5.41, 5.74) is 0. The molecule has 2 heterocycles. The first-order chi connectivity index (χ1) is 9.22. The number of H-pyrrole nitrogens is 1. The third-order valence-electron chi connectivity index (χ3n) is 2.79. The van der Waals surface area contributed by atoms with Gasteiger partial charge in [-0.05, 0) is 28.8 Å². The fourth-order valence-corrected chi connectivity index (χ4v) is 2.31. The first-order valence-electron chi connectivity index (χ1n) is 6.52. The highest BCUT2D eigenvalue weighted by molar-refractivity contribution is 9.10. The van der Waals surface area contributed by atoms with Crippen molar-refractivity contribution in [2.75, 3.05) is 5.32 Å². The lowest BCUT2D eigenvalue weighted by Crippen LogP contribution is -2.13. The van der Waals surface area contributed by atoms with Crippen LogP contribution in [-0.2, 0) is 6.42 Å². The molecule has 0 saturated carbocycles. The highest BCUT2D eigenvalue weighted by atomic mass is 79.9. The minimum absolute atomic E-state index is 0.131. The Balaban J connectivity index is 2.17. The molecule has 2 aromatic rings. The molecule has 1 unspecified atom stereocenters. The summed E-state index contributed by atoms with van der Waals surface area (Å²) in [6.45, 7) is 4.23. The van der Waals surface area contributed by atoms with Gasteiger partial charge in [0.25, 0.3) is 0 Å². The van der Waals surface area contributed by atoms with Crippen molar-refractivity contribution in [1.29, 1.82) is 0 Å². The molecule has 102 valence electrons. The third kappa shape index (κ3) is 3.76. The second-order valence-electron chi connectivity index (χ2n) is 4.32. The lowest BCUT2D eigenvalue weighted by atomic mass is 10.2. The molecule has 0 aliphatic rings. The van der Waals surface area contributed by atoms with Gasteiger partial charge in [-0.1, -0.05) is 13.8 Å². The zero-order chi connectivity index (χ0) is 13.7. The molecule has 0 aliphatic carbocycles. The lowest BCUT2D eigenvalue weighted by molar-refractivity contribution is 0.696. The van der Waals surface area contributed by atoms with Crippen LogP contribution in [0.1, 0.15) is 44.4 Å². The topological polar surface area (TPSA) is 66.5 Å². The van der Waals surface area contributed by atoms with E-state index in [2.05, 4.69) is 55.0 Å². The van der Waals surface area contributed by atoms with Crippen LogP contribution in [0.3, 0.4) is 0 Å². The minimum Gasteiger partial charge on any atom is -0.360 e. The van der Waals surface area contributed by atoms with Gasteiger partial charge in [0.2, 0.25) is 0 Å². The van der Waals surface area contributed by atoms with Gasteiger partial charge in [0, 0.05) is 24.9 Å². The normalized spacial score (nSPS) is 12.4. The zero-order valence-electron chi connectivity index (χ0n) is 11.2. The standard InChI is InChI=1S/C13H18BrN5/c1-3-5-11-18-10(14)8-12(19-11)17-9(4-2)13-15-6-7-16-13/h6-9H,3-5H2,1-2H3,(H,15,16)(H,17,18,19). The number of nitrogens with zero attached hydrogens (tertiary/aromatic N) is 3. The van der Waals surface area contributed by atoms with E-state index in [9.17, 15) is 0 Å². The third-order valence-corrected chi connectivity index (χ3v) is 3.20. The summed E-state index contributed by atoms with van der Waals surface area (Å²) in [4.78, 5) is 16.3. The van der Waals surface area contributed by atoms with E-state index in [0.29, 0.717) is 0 Å². The molecule has 2 N–H and O–H groups in total. The molecular formula is C13H18BrN5. The highest BCUT2D eigenvalue weighted by Gasteiger charge is 2.13. The molecule has 0 saturated heterocycles. The Labute approximate surface area is 121 Å². The lowest BCUT2D eigenvalue weighted by Gasteiger charge is -2.16. The van der Waals surface area contributed by atoms with Gasteiger partial charge in [-0.15, -0.1) is 0 Å². The van der Waals surface area contributed by atoms with E-state index in [1.54, 1.807) is 6.20 Å². The molecule has 0 aromatic carbocycles. The summed E-state index contributed by atoms with van der Waals surface area (Å²) in [5, 5.41) is 3.40. The first-order valence-corrected chi connectivity index (χ1v) is 7.31. The van der Waals surface area contributed by atoms with Gasteiger partial charge in [0.1, 0.15) is 22.1 Å². The first kappa shape index (κ1) is 14.0. The average molecular weight is 324 g/mol. The van der Waals surface area contributed by atoms with Crippen molar-refractivity contribution in [3.05, 3.63) is 34.7 Å². The number of hydrogen-bond acceptors (Lipinski definition) is 4. The smallest absolute Gasteiger partial charge is 0.132 e. The number of aromatic amines is 1. The Bertz CT molecular complexity index is 512. The van der Waals surface area contributed by atoms with Gasteiger partial charge in [-0.25, -0.2) is 15.0 Å². The van der Waals surface area contributed by atoms with Gasteiger partial charge < -0.3 is 10.3 Å². The Hall–Kier alpha value is -1.43. The number of aromatic nitrogens is 4. The largest absolute Gasteiger partial charge is 0.360 e. The van der Waals surface area contributed by atoms with Gasteiger partial charge in [0.15, 0.2) is 0 Å². The predicted molar refractivity (Wildman–Crippen MR) is 79.0 cm³/mol. The molecule has 0 bridgehead atoms. The average Bonchev–Trinajstić information content (AvgIpc) is 2.89. The van der Waals surface area contributed by atoms with Gasteiger partial charge in [-0.2, -0.15) is 0 Å². The molecule has 0 spiro atoms. The van der Waals surface area contributed by atoms with Crippen molar-refractivity contribution >= 4 is 21.7 Å². The van der Waals surface area contributed by atoms with Crippen molar-refractivity contribution in [3.63, 3.8) is 0 Å². The summed E-state index contributed by atoms with van der Waals surface area (Å²) in [5.74, 6) is 2.61. The molecule has 0 fully saturated rings. The maximum absolute atomic E-state index is 4.53. The van der Waals surface area contributed by atoms with E-state index in [0.717, 1.165) is 41.3 Å². The number of aryl methyl sites for hydroxylation is 1. The van der Waals surface area contributed by atoms with Crippen molar-refractivity contribution in [2.24, 2.45) is 0 Å². The molecule has 2 aromatic heterocycles. The van der Waals surface area contributed by atoms with Crippen LogP contribution in [0.15, 0.2) is 23.1 Å². The SMILES string of the molecule is CCCc1nc(Br)cc(NC(CC)c2ncc[nH]2)n1. The van der Waals surface area contributed by atoms with Crippen LogP contribution in [-0.4, -0.2) is 19.9 Å². The molecular weight excluding hydrogens is 306 g/mol. The maximum Gasteiger partial charge on any atom is 0.132 e. The second-order valence-corrected chi connectivity index (χ2v) is 5.13. The highest BCUT2D eigenvalue weighted by Crippen LogP contribution is 2.20. The maximum atomic E-state index is 4.53. The molecule has 2 rings (SSSR count). The van der Waals surface area contributed by atoms with Crippen LogP contribution in [0.4, 0.5) is 5.82 Å². The molecule has 0 amide bonds. The van der Waals surface area contributed by atoms with E-state index in [1.807, 2.05) is 12.3 Å². The summed E-state index contributed by atoms with van der Waals surface area (Å²) >= 11 is 3.43. The number of nitrogens with one attached hydrogen (secondary N) is 2. The molecule has 6 heteroatoms. The molecule has 19 heavy (non-hydrogen) atoms. The van der Waals surface area contributed by atoms with Crippen molar-refractivity contribution in [1.82, 2.24) is 19.9 Å². The van der Waals surface area contributed by atoms with E-state index in [1.165, 1.54) is 0 Å². The summed E-state index contributed by atoms with van der Waals surface area (Å²) < 4.78 is 0.808. The molecule has 5 nitrogen and oxygen atoms in total. The molecule has 0 radical (unpaired) electrons. The predicted octanol–water partition coefficient (Wildman–Crippen LogP) is 3.48. The zero-order valence-corrected chi connectivity index (χ0v) is 12.7. The summed E-state index contributed by atoms with van der Waals surface area (Å²) in [6.07, 6.45) is 6.44. The van der Waals surface area contributed by atoms with Crippen LogP contribution in [0.2, 0.25) is 0 Å². The summed E-state index contributed by atoms with van der Waals surface area (Å²) in [6, 6.07) is 2.02. The Kier molecular flexibility index (Phi) is 4.90. The number of hydrogen-bond donors (Lipinski definition) is 2. The Morgan fingerprint density at radius 1 is 1.37 bits per heavy atom. The van der Waals surface area contributed by atoms with E-state index in [4.69, 9.17) is 0 Å². The van der Waals surface area contributed by atoms with Crippen LogP contribution >= 0.6 is 15.9 Å². The summed E-state index contributed by atoms with van der Waals surface area (Å²) in [7, 11) is 0. The van der Waals surface area contributed by atoms with E-state index < -0.39 is 0 Å². The molecule has 1 atom stereocenters. The van der Waals surface area contributed by atoms with E-state index in [-0.39, 0.29) is 6.04 Å². The van der Waals surface area contributed by atoms with Gasteiger partial charge in [-0.3, -0.25) is 0 Å². The van der Waals surface area contributed by atoms with Crippen molar-refractivity contribution < 1.29 is 0 Å². The van der Waals surface area contributed by atoms with Gasteiger partial charge >= 0.3 is 0 Å². The quantitative estimate of drug-likeness (QED) is 0.799. The van der Waals surface area contributed by atoms with Crippen LogP contribution in [0, 0.1) is 0 Å². The van der Waals surface area contributed by atoms with Crippen molar-refractivity contribution in [3.8, 4) is 0 Å². The monoisotopic (exact) mass is 323 g/mol. The van der Waals surface area contributed by atoms with Crippen LogP contribution in [0.25, 0.3) is 0 Å². The number of imidazole rings is 1. The van der Waals surface area contributed by atoms with Gasteiger partial charge in [0.05, 0.1) is 6.04 Å². The molecule has 0 aliphatic heterocycles. The van der Waals surface area contributed by atoms with Crippen LogP contribution in [0.5, 0.6) is 0 Å². The number of rotatable bonds is 6. The fraction of sp³-hybridized carbons (Fsp3) is 0.462. The fourth-order valence-electron chi connectivity index (χ4n) is 1.88.